The maximum Gasteiger partial charge on any atom is 0.145 e. The van der Waals surface area contributed by atoms with Gasteiger partial charge in [-0.1, -0.05) is 38.3 Å². The van der Waals surface area contributed by atoms with Crippen LogP contribution in [0, 0.1) is 0 Å². The number of halogens is 1. The molecule has 0 bridgehead atoms. The van der Waals surface area contributed by atoms with Gasteiger partial charge in [-0.05, 0) is 37.1 Å². The second kappa shape index (κ2) is 11.3. The van der Waals surface area contributed by atoms with Gasteiger partial charge in [0.1, 0.15) is 17.0 Å². The lowest BCUT2D eigenvalue weighted by atomic mass is 10.2. The number of nitrogens with zero attached hydrogens (tertiary/aromatic N) is 1. The van der Waals surface area contributed by atoms with Crippen LogP contribution in [0.4, 0.5) is 0 Å². The van der Waals surface area contributed by atoms with Gasteiger partial charge in [0, 0.05) is 24.7 Å². The molecule has 0 atom stereocenters. The molecule has 0 fully saturated rings. The largest absolute Gasteiger partial charge is 0.486 e. The zero-order valence-electron chi connectivity index (χ0n) is 15.2. The Labute approximate surface area is 155 Å². The number of pyridine rings is 1. The summed E-state index contributed by atoms with van der Waals surface area (Å²) >= 11 is 5.98. The van der Waals surface area contributed by atoms with Gasteiger partial charge in [-0.3, -0.25) is 0 Å². The highest BCUT2D eigenvalue weighted by atomic mass is 35.5. The molecular formula is C20H28ClNO3. The van der Waals surface area contributed by atoms with E-state index in [1.807, 2.05) is 24.3 Å². The van der Waals surface area contributed by atoms with Gasteiger partial charge in [0.05, 0.1) is 18.7 Å². The number of benzene rings is 1. The van der Waals surface area contributed by atoms with Crippen molar-refractivity contribution in [3.05, 3.63) is 35.5 Å². The molecule has 25 heavy (non-hydrogen) atoms. The van der Waals surface area contributed by atoms with E-state index in [0.29, 0.717) is 18.4 Å². The van der Waals surface area contributed by atoms with E-state index >= 15 is 0 Å². The number of aromatic nitrogens is 1. The van der Waals surface area contributed by atoms with Crippen LogP contribution in [0.3, 0.4) is 0 Å². The van der Waals surface area contributed by atoms with Gasteiger partial charge in [0.25, 0.3) is 0 Å². The first-order valence-corrected chi connectivity index (χ1v) is 9.49. The van der Waals surface area contributed by atoms with Crippen LogP contribution in [0.5, 0.6) is 5.75 Å². The first-order chi connectivity index (χ1) is 12.2. The third-order valence-electron chi connectivity index (χ3n) is 3.82. The fourth-order valence-electron chi connectivity index (χ4n) is 2.38. The van der Waals surface area contributed by atoms with Crippen LogP contribution in [0.1, 0.15) is 39.5 Å². The van der Waals surface area contributed by atoms with Gasteiger partial charge in [0.2, 0.25) is 0 Å². The Morgan fingerprint density at radius 3 is 2.24 bits per heavy atom. The summed E-state index contributed by atoms with van der Waals surface area (Å²) in [6.07, 6.45) is 4.22. The normalized spacial score (nSPS) is 11.4. The summed E-state index contributed by atoms with van der Waals surface area (Å²) in [6.45, 7) is 6.84. The van der Waals surface area contributed by atoms with Crippen LogP contribution in [0.2, 0.25) is 5.15 Å². The Kier molecular flexibility index (Phi) is 9.02. The number of hydrogen-bond donors (Lipinski definition) is 0. The molecule has 1 aromatic heterocycles. The molecule has 0 aliphatic carbocycles. The molecule has 0 unspecified atom stereocenters. The molecule has 4 nitrogen and oxygen atoms in total. The third kappa shape index (κ3) is 7.18. The van der Waals surface area contributed by atoms with Crippen LogP contribution in [-0.4, -0.2) is 37.5 Å². The number of unbranched alkanes of at least 4 members (excludes halogenated alkanes) is 2. The molecule has 1 aromatic carbocycles. The van der Waals surface area contributed by atoms with Gasteiger partial charge >= 0.3 is 0 Å². The van der Waals surface area contributed by atoms with Crippen molar-refractivity contribution in [3.63, 3.8) is 0 Å². The minimum Gasteiger partial charge on any atom is -0.486 e. The number of fused-ring (bicyclic) bond motifs is 1. The van der Waals surface area contributed by atoms with Crippen molar-refractivity contribution < 1.29 is 14.2 Å². The van der Waals surface area contributed by atoms with E-state index < -0.39 is 0 Å². The van der Waals surface area contributed by atoms with Crippen LogP contribution in [0.15, 0.2) is 30.3 Å². The van der Waals surface area contributed by atoms with E-state index in [9.17, 15) is 0 Å². The molecule has 2 aromatic rings. The minimum atomic E-state index is -0.134. The van der Waals surface area contributed by atoms with Gasteiger partial charge < -0.3 is 14.2 Å². The van der Waals surface area contributed by atoms with Crippen molar-refractivity contribution in [1.29, 1.82) is 0 Å². The van der Waals surface area contributed by atoms with Crippen molar-refractivity contribution in [1.82, 2.24) is 4.98 Å². The Balaban J connectivity index is 1.97. The molecule has 2 rings (SSSR count). The molecule has 138 valence electrons. The standard InChI is InChI=1S/C20H28ClNO3/c1-3-5-11-23-14-18(15-24-12-6-4-2)25-17-9-7-16-8-10-20(21)22-19(16)13-17/h7-10,13,18H,3-6,11-12,14-15H2,1-2H3. The molecule has 0 N–H and O–H groups in total. The van der Waals surface area contributed by atoms with Crippen LogP contribution < -0.4 is 4.74 Å². The highest BCUT2D eigenvalue weighted by Crippen LogP contribution is 2.22. The van der Waals surface area contributed by atoms with Crippen LogP contribution in [0.25, 0.3) is 10.9 Å². The Hall–Kier alpha value is -1.36. The van der Waals surface area contributed by atoms with Crippen molar-refractivity contribution in [2.45, 2.75) is 45.6 Å². The van der Waals surface area contributed by atoms with Gasteiger partial charge in [-0.15, -0.1) is 0 Å². The lowest BCUT2D eigenvalue weighted by molar-refractivity contribution is -0.00731. The molecule has 0 saturated carbocycles. The van der Waals surface area contributed by atoms with Crippen molar-refractivity contribution in [2.75, 3.05) is 26.4 Å². The SMILES string of the molecule is CCCCOCC(COCCCC)Oc1ccc2ccc(Cl)nc2c1. The zero-order valence-corrected chi connectivity index (χ0v) is 15.9. The summed E-state index contributed by atoms with van der Waals surface area (Å²) in [6, 6.07) is 9.58. The summed E-state index contributed by atoms with van der Waals surface area (Å²) in [4.78, 5) is 4.34. The summed E-state index contributed by atoms with van der Waals surface area (Å²) < 4.78 is 17.6. The van der Waals surface area contributed by atoms with Crippen molar-refractivity contribution >= 4 is 22.5 Å². The van der Waals surface area contributed by atoms with Gasteiger partial charge in [0.15, 0.2) is 0 Å². The predicted octanol–water partition coefficient (Wildman–Crippen LogP) is 5.27. The molecule has 5 heteroatoms. The summed E-state index contributed by atoms with van der Waals surface area (Å²) in [5.74, 6) is 0.755. The Bertz CT molecular complexity index is 623. The van der Waals surface area contributed by atoms with Gasteiger partial charge in [-0.2, -0.15) is 0 Å². The predicted molar refractivity (Wildman–Crippen MR) is 103 cm³/mol. The second-order valence-corrected chi connectivity index (χ2v) is 6.47. The van der Waals surface area contributed by atoms with E-state index in [0.717, 1.165) is 55.5 Å². The Morgan fingerprint density at radius 1 is 0.960 bits per heavy atom. The van der Waals surface area contributed by atoms with E-state index in [4.69, 9.17) is 25.8 Å². The molecule has 0 aliphatic rings. The highest BCUT2D eigenvalue weighted by molar-refractivity contribution is 6.29. The summed E-state index contributed by atoms with van der Waals surface area (Å²) in [5.41, 5.74) is 0.822. The van der Waals surface area contributed by atoms with E-state index in [1.54, 1.807) is 6.07 Å². The summed E-state index contributed by atoms with van der Waals surface area (Å²) in [5, 5.41) is 1.51. The summed E-state index contributed by atoms with van der Waals surface area (Å²) in [7, 11) is 0. The average molecular weight is 366 g/mol. The first-order valence-electron chi connectivity index (χ1n) is 9.11. The molecule has 0 amide bonds. The number of hydrogen-bond acceptors (Lipinski definition) is 4. The lowest BCUT2D eigenvalue weighted by Gasteiger charge is -2.19. The van der Waals surface area contributed by atoms with E-state index in [2.05, 4.69) is 18.8 Å². The molecule has 0 spiro atoms. The van der Waals surface area contributed by atoms with Crippen molar-refractivity contribution in [2.24, 2.45) is 0 Å². The first kappa shape index (κ1) is 20.0. The van der Waals surface area contributed by atoms with Crippen LogP contribution >= 0.6 is 11.6 Å². The molecule has 0 saturated heterocycles. The number of rotatable bonds is 12. The molecule has 0 radical (unpaired) electrons. The van der Waals surface area contributed by atoms with Crippen molar-refractivity contribution in [3.8, 4) is 5.75 Å². The fourth-order valence-corrected chi connectivity index (χ4v) is 2.53. The smallest absolute Gasteiger partial charge is 0.145 e. The molecular weight excluding hydrogens is 338 g/mol. The monoisotopic (exact) mass is 365 g/mol. The van der Waals surface area contributed by atoms with Crippen LogP contribution in [-0.2, 0) is 9.47 Å². The zero-order chi connectivity index (χ0) is 17.9. The lowest BCUT2D eigenvalue weighted by Crippen LogP contribution is -2.29. The molecule has 1 heterocycles. The topological polar surface area (TPSA) is 40.6 Å². The second-order valence-electron chi connectivity index (χ2n) is 6.09. The van der Waals surface area contributed by atoms with E-state index in [-0.39, 0.29) is 6.10 Å². The highest BCUT2D eigenvalue weighted by Gasteiger charge is 2.12. The fraction of sp³-hybridized carbons (Fsp3) is 0.550. The minimum absolute atomic E-state index is 0.134. The number of ether oxygens (including phenoxy) is 3. The average Bonchev–Trinajstić information content (AvgIpc) is 2.61. The van der Waals surface area contributed by atoms with Gasteiger partial charge in [-0.25, -0.2) is 4.98 Å². The third-order valence-corrected chi connectivity index (χ3v) is 4.03. The maximum absolute atomic E-state index is 6.09. The molecule has 0 aliphatic heterocycles. The van der Waals surface area contributed by atoms with E-state index in [1.165, 1.54) is 0 Å². The Morgan fingerprint density at radius 2 is 1.60 bits per heavy atom. The quantitative estimate of drug-likeness (QED) is 0.379. The maximum atomic E-state index is 6.09.